The fourth-order valence-electron chi connectivity index (χ4n) is 2.44. The Morgan fingerprint density at radius 1 is 1.30 bits per heavy atom. The number of carbonyl (C=O) groups is 1. The maximum Gasteiger partial charge on any atom is 0.224 e. The Kier molecular flexibility index (Phi) is 5.76. The van der Waals surface area contributed by atoms with Crippen molar-refractivity contribution in [3.63, 3.8) is 0 Å². The number of benzene rings is 1. The minimum Gasteiger partial charge on any atom is -0.326 e. The molecule has 1 atom stereocenters. The molecule has 0 bridgehead atoms. The zero-order valence-corrected chi connectivity index (χ0v) is 12.9. The molecule has 0 aliphatic rings. The van der Waals surface area contributed by atoms with Crippen molar-refractivity contribution in [1.29, 1.82) is 5.26 Å². The van der Waals surface area contributed by atoms with Gasteiger partial charge in [-0.3, -0.25) is 4.79 Å². The lowest BCUT2D eigenvalue weighted by molar-refractivity contribution is -0.117. The van der Waals surface area contributed by atoms with Crippen molar-refractivity contribution >= 4 is 11.6 Å². The van der Waals surface area contributed by atoms with Gasteiger partial charge in [0.15, 0.2) is 0 Å². The first-order valence-electron chi connectivity index (χ1n) is 7.06. The third-order valence-electron chi connectivity index (χ3n) is 3.02. The van der Waals surface area contributed by atoms with Crippen LogP contribution in [0.15, 0.2) is 24.3 Å². The highest BCUT2D eigenvalue weighted by molar-refractivity contribution is 5.90. The molecule has 0 radical (unpaired) electrons. The van der Waals surface area contributed by atoms with Crippen LogP contribution in [0, 0.1) is 22.7 Å². The molecule has 0 spiro atoms. The molecule has 1 rings (SSSR count). The lowest BCUT2D eigenvalue weighted by atomic mass is 9.84. The van der Waals surface area contributed by atoms with E-state index in [0.717, 1.165) is 17.7 Å². The van der Waals surface area contributed by atoms with Gasteiger partial charge in [-0.15, -0.1) is 0 Å². The Morgan fingerprint density at radius 2 is 1.90 bits per heavy atom. The highest BCUT2D eigenvalue weighted by Crippen LogP contribution is 2.26. The lowest BCUT2D eigenvalue weighted by Gasteiger charge is -2.22. The van der Waals surface area contributed by atoms with E-state index in [9.17, 15) is 4.79 Å². The van der Waals surface area contributed by atoms with Crippen LogP contribution in [0.3, 0.4) is 0 Å². The number of amides is 1. The predicted molar refractivity (Wildman–Crippen MR) is 82.2 cm³/mol. The van der Waals surface area contributed by atoms with E-state index >= 15 is 0 Å². The molecule has 3 nitrogen and oxygen atoms in total. The summed E-state index contributed by atoms with van der Waals surface area (Å²) in [7, 11) is 0. The molecule has 0 heterocycles. The van der Waals surface area contributed by atoms with Gasteiger partial charge < -0.3 is 5.32 Å². The monoisotopic (exact) mass is 272 g/mol. The third-order valence-corrected chi connectivity index (χ3v) is 3.02. The van der Waals surface area contributed by atoms with Gasteiger partial charge in [0, 0.05) is 12.1 Å². The number of hydrogen-bond acceptors (Lipinski definition) is 2. The number of nitriles is 1. The summed E-state index contributed by atoms with van der Waals surface area (Å²) in [6.45, 7) is 8.68. The smallest absolute Gasteiger partial charge is 0.224 e. The van der Waals surface area contributed by atoms with Gasteiger partial charge in [-0.25, -0.2) is 0 Å². The van der Waals surface area contributed by atoms with Crippen LogP contribution in [-0.2, 0) is 11.2 Å². The molecule has 1 amide bonds. The van der Waals surface area contributed by atoms with Crippen LogP contribution in [0.1, 0.15) is 46.1 Å². The van der Waals surface area contributed by atoms with E-state index in [2.05, 4.69) is 39.1 Å². The number of carbonyl (C=O) groups excluding carboxylic acids is 1. The van der Waals surface area contributed by atoms with Crippen LogP contribution < -0.4 is 5.32 Å². The van der Waals surface area contributed by atoms with E-state index in [1.54, 1.807) is 0 Å². The standard InChI is InChI=1S/C17H24N2O/c1-13(12-17(2,3)4)11-16(20)19-15-7-5-14(6-8-15)9-10-18/h5-8,13H,9,11-12H2,1-4H3,(H,19,20). The summed E-state index contributed by atoms with van der Waals surface area (Å²) in [4.78, 5) is 12.0. The molecule has 1 aromatic rings. The maximum absolute atomic E-state index is 12.0. The Balaban J connectivity index is 2.48. The summed E-state index contributed by atoms with van der Waals surface area (Å²) in [6.07, 6.45) is 1.97. The van der Waals surface area contributed by atoms with Crippen LogP contribution in [0.4, 0.5) is 5.69 Å². The van der Waals surface area contributed by atoms with Crippen molar-refractivity contribution in [2.75, 3.05) is 5.32 Å². The summed E-state index contributed by atoms with van der Waals surface area (Å²) in [5.74, 6) is 0.419. The molecular weight excluding hydrogens is 248 g/mol. The SMILES string of the molecule is CC(CC(=O)Nc1ccc(CC#N)cc1)CC(C)(C)C. The molecule has 0 aliphatic heterocycles. The summed E-state index contributed by atoms with van der Waals surface area (Å²) in [5, 5.41) is 11.5. The minimum absolute atomic E-state index is 0.0507. The summed E-state index contributed by atoms with van der Waals surface area (Å²) in [5.41, 5.74) is 2.00. The van der Waals surface area contributed by atoms with E-state index in [1.807, 2.05) is 24.3 Å². The molecule has 0 aromatic heterocycles. The molecule has 0 aliphatic carbocycles. The maximum atomic E-state index is 12.0. The molecule has 108 valence electrons. The van der Waals surface area contributed by atoms with Gasteiger partial charge in [-0.1, -0.05) is 39.8 Å². The first-order valence-corrected chi connectivity index (χ1v) is 7.06. The Bertz CT molecular complexity index is 477. The number of hydrogen-bond donors (Lipinski definition) is 1. The molecule has 1 N–H and O–H groups in total. The summed E-state index contributed by atoms with van der Waals surface area (Å²) < 4.78 is 0. The van der Waals surface area contributed by atoms with Crippen molar-refractivity contribution in [2.45, 2.75) is 47.0 Å². The van der Waals surface area contributed by atoms with Crippen LogP contribution >= 0.6 is 0 Å². The molecule has 1 unspecified atom stereocenters. The van der Waals surface area contributed by atoms with Gasteiger partial charge in [-0.05, 0) is 35.4 Å². The molecule has 0 fully saturated rings. The average molecular weight is 272 g/mol. The fourth-order valence-corrected chi connectivity index (χ4v) is 2.44. The third kappa shape index (κ3) is 6.38. The van der Waals surface area contributed by atoms with Crippen LogP contribution in [-0.4, -0.2) is 5.91 Å². The van der Waals surface area contributed by atoms with Gasteiger partial charge in [-0.2, -0.15) is 5.26 Å². The predicted octanol–water partition coefficient (Wildman–Crippen LogP) is 4.15. The highest BCUT2D eigenvalue weighted by Gasteiger charge is 2.17. The highest BCUT2D eigenvalue weighted by atomic mass is 16.1. The second kappa shape index (κ2) is 7.09. The van der Waals surface area contributed by atoms with Gasteiger partial charge in [0.1, 0.15) is 0 Å². The van der Waals surface area contributed by atoms with Crippen molar-refractivity contribution in [3.05, 3.63) is 29.8 Å². The number of nitrogens with zero attached hydrogens (tertiary/aromatic N) is 1. The lowest BCUT2D eigenvalue weighted by Crippen LogP contribution is -2.18. The van der Waals surface area contributed by atoms with Crippen molar-refractivity contribution < 1.29 is 4.79 Å². The van der Waals surface area contributed by atoms with Crippen LogP contribution in [0.2, 0.25) is 0 Å². The van der Waals surface area contributed by atoms with Crippen LogP contribution in [0.5, 0.6) is 0 Å². The first kappa shape index (κ1) is 16.2. The molecular formula is C17H24N2O. The average Bonchev–Trinajstić information content (AvgIpc) is 2.29. The molecule has 1 aromatic carbocycles. The van der Waals surface area contributed by atoms with E-state index in [4.69, 9.17) is 5.26 Å². The second-order valence-electron chi connectivity index (χ2n) is 6.65. The van der Waals surface area contributed by atoms with Gasteiger partial charge in [0.2, 0.25) is 5.91 Å². The topological polar surface area (TPSA) is 52.9 Å². The van der Waals surface area contributed by atoms with Gasteiger partial charge in [0.05, 0.1) is 12.5 Å². The van der Waals surface area contributed by atoms with Gasteiger partial charge in [0.25, 0.3) is 0 Å². The molecule has 0 saturated heterocycles. The molecule has 3 heteroatoms. The van der Waals surface area contributed by atoms with Crippen LogP contribution in [0.25, 0.3) is 0 Å². The van der Waals surface area contributed by atoms with E-state index in [1.165, 1.54) is 0 Å². The normalized spacial score (nSPS) is 12.6. The summed E-state index contributed by atoms with van der Waals surface area (Å²) >= 11 is 0. The fraction of sp³-hybridized carbons (Fsp3) is 0.529. The molecule has 20 heavy (non-hydrogen) atoms. The molecule has 0 saturated carbocycles. The number of nitrogens with one attached hydrogen (secondary N) is 1. The van der Waals surface area contributed by atoms with Crippen molar-refractivity contribution in [1.82, 2.24) is 0 Å². The Hall–Kier alpha value is -1.82. The zero-order valence-electron chi connectivity index (χ0n) is 12.9. The first-order chi connectivity index (χ1) is 9.30. The number of anilines is 1. The van der Waals surface area contributed by atoms with Crippen molar-refractivity contribution in [2.24, 2.45) is 11.3 Å². The van der Waals surface area contributed by atoms with Crippen molar-refractivity contribution in [3.8, 4) is 6.07 Å². The Morgan fingerprint density at radius 3 is 2.40 bits per heavy atom. The zero-order chi connectivity index (χ0) is 15.2. The largest absolute Gasteiger partial charge is 0.326 e. The minimum atomic E-state index is 0.0507. The Labute approximate surface area is 122 Å². The summed E-state index contributed by atoms with van der Waals surface area (Å²) in [6, 6.07) is 9.54. The van der Waals surface area contributed by atoms with E-state index in [-0.39, 0.29) is 11.3 Å². The number of rotatable bonds is 5. The van der Waals surface area contributed by atoms with E-state index in [0.29, 0.717) is 18.8 Å². The van der Waals surface area contributed by atoms with Gasteiger partial charge >= 0.3 is 0 Å². The van der Waals surface area contributed by atoms with E-state index < -0.39 is 0 Å². The quantitative estimate of drug-likeness (QED) is 0.875. The second-order valence-corrected chi connectivity index (χ2v) is 6.65.